The molecule has 7 heteroatoms. The van der Waals surface area contributed by atoms with Crippen LogP contribution in [0.1, 0.15) is 0 Å². The van der Waals surface area contributed by atoms with Gasteiger partial charge in [-0.25, -0.2) is 8.42 Å². The molecule has 0 bridgehead atoms. The zero-order chi connectivity index (χ0) is 10.8. The van der Waals surface area contributed by atoms with Gasteiger partial charge in [0.1, 0.15) is 21.6 Å². The van der Waals surface area contributed by atoms with E-state index in [1.54, 1.807) is 0 Å². The molecule has 5 nitrogen and oxygen atoms in total. The summed E-state index contributed by atoms with van der Waals surface area (Å²) in [6.07, 6.45) is 0. The van der Waals surface area contributed by atoms with E-state index in [-0.39, 0.29) is 46.0 Å². The first-order valence-corrected chi connectivity index (χ1v) is 5.07. The summed E-state index contributed by atoms with van der Waals surface area (Å²) in [4.78, 5) is -0.367. The number of rotatable bonds is 3. The smallest absolute Gasteiger partial charge is 0.744 e. The fourth-order valence-corrected chi connectivity index (χ4v) is 1.45. The zero-order valence-corrected chi connectivity index (χ0v) is 11.5. The Kier molecular flexibility index (Phi) is 5.61. The van der Waals surface area contributed by atoms with Crippen molar-refractivity contribution < 1.29 is 52.0 Å². The molecule has 0 fully saturated rings. The predicted molar refractivity (Wildman–Crippen MR) is 47.5 cm³/mol. The third-order valence-corrected chi connectivity index (χ3v) is 2.43. The molecular weight excluding hydrogens is 231 g/mol. The van der Waals surface area contributed by atoms with Crippen molar-refractivity contribution in [3.63, 3.8) is 0 Å². The number of methoxy groups -OCH3 is 2. The van der Waals surface area contributed by atoms with Crippen molar-refractivity contribution in [2.75, 3.05) is 14.2 Å². The van der Waals surface area contributed by atoms with Gasteiger partial charge in [-0.3, -0.25) is 0 Å². The van der Waals surface area contributed by atoms with Crippen molar-refractivity contribution in [3.8, 4) is 11.5 Å². The molecule has 1 rings (SSSR count). The normalized spacial score (nSPS) is 10.3. The average molecular weight is 240 g/mol. The molecule has 0 aliphatic carbocycles. The second-order valence-electron chi connectivity index (χ2n) is 2.50. The molecule has 0 aliphatic rings. The van der Waals surface area contributed by atoms with Crippen molar-refractivity contribution >= 4 is 10.1 Å². The molecule has 0 amide bonds. The summed E-state index contributed by atoms with van der Waals surface area (Å²) in [5.74, 6) is 0.526. The minimum atomic E-state index is -4.48. The second-order valence-corrected chi connectivity index (χ2v) is 3.88. The molecule has 0 aliphatic heterocycles. The van der Waals surface area contributed by atoms with Crippen LogP contribution in [0, 0.1) is 0 Å². The summed E-state index contributed by atoms with van der Waals surface area (Å²) in [6.45, 7) is 0. The summed E-state index contributed by atoms with van der Waals surface area (Å²) < 4.78 is 41.7. The van der Waals surface area contributed by atoms with Crippen LogP contribution in [0.3, 0.4) is 0 Å². The van der Waals surface area contributed by atoms with Crippen LogP contribution < -0.4 is 39.0 Å². The largest absolute Gasteiger partial charge is 1.00 e. The molecule has 78 valence electrons. The first kappa shape index (κ1) is 14.7. The molecule has 0 heterocycles. The number of ether oxygens (including phenoxy) is 2. The molecule has 1 aromatic rings. The van der Waals surface area contributed by atoms with Crippen LogP contribution in [-0.2, 0) is 10.1 Å². The van der Waals surface area contributed by atoms with Gasteiger partial charge in [-0.15, -0.1) is 0 Å². The van der Waals surface area contributed by atoms with Crippen LogP contribution in [0.25, 0.3) is 0 Å². The average Bonchev–Trinajstić information content (AvgIpc) is 2.15. The first-order valence-electron chi connectivity index (χ1n) is 3.66. The van der Waals surface area contributed by atoms with Crippen LogP contribution in [0.5, 0.6) is 11.5 Å². The Morgan fingerprint density at radius 2 is 1.47 bits per heavy atom. The minimum absolute atomic E-state index is 0. The molecule has 0 N–H and O–H groups in total. The summed E-state index contributed by atoms with van der Waals surface area (Å²) in [5.41, 5.74) is 0. The quantitative estimate of drug-likeness (QED) is 0.435. The van der Waals surface area contributed by atoms with Crippen LogP contribution in [0.15, 0.2) is 23.1 Å². The van der Waals surface area contributed by atoms with Gasteiger partial charge < -0.3 is 14.0 Å². The van der Waals surface area contributed by atoms with Gasteiger partial charge in [-0.1, -0.05) is 0 Å². The summed E-state index contributed by atoms with van der Waals surface area (Å²) in [5, 5.41) is 0. The third-order valence-electron chi connectivity index (χ3n) is 1.61. The topological polar surface area (TPSA) is 75.7 Å². The van der Waals surface area contributed by atoms with E-state index in [1.165, 1.54) is 20.3 Å². The van der Waals surface area contributed by atoms with Gasteiger partial charge in [0.15, 0.2) is 0 Å². The van der Waals surface area contributed by atoms with E-state index in [9.17, 15) is 13.0 Å². The van der Waals surface area contributed by atoms with Crippen LogP contribution in [0.4, 0.5) is 0 Å². The SMILES string of the molecule is COc1cc(OC)cc(S(=O)(=O)[O-])c1.[Na+]. The predicted octanol–water partition coefficient (Wildman–Crippen LogP) is -2.39. The molecule has 1 aromatic carbocycles. The molecule has 0 radical (unpaired) electrons. The summed E-state index contributed by atoms with van der Waals surface area (Å²) in [7, 11) is -1.74. The molecule has 0 saturated carbocycles. The van der Waals surface area contributed by atoms with E-state index in [1.807, 2.05) is 0 Å². The van der Waals surface area contributed by atoms with Crippen molar-refractivity contribution in [1.82, 2.24) is 0 Å². The van der Waals surface area contributed by atoms with Crippen LogP contribution in [0.2, 0.25) is 0 Å². The Morgan fingerprint density at radius 3 is 1.73 bits per heavy atom. The Balaban J connectivity index is 0.00000196. The summed E-state index contributed by atoms with van der Waals surface area (Å²) in [6, 6.07) is 3.77. The van der Waals surface area contributed by atoms with Crippen molar-refractivity contribution in [2.45, 2.75) is 4.90 Å². The van der Waals surface area contributed by atoms with Gasteiger partial charge in [0, 0.05) is 6.07 Å². The third kappa shape index (κ3) is 4.00. The molecule has 0 atom stereocenters. The van der Waals surface area contributed by atoms with E-state index in [4.69, 9.17) is 9.47 Å². The Morgan fingerprint density at radius 1 is 1.07 bits per heavy atom. The van der Waals surface area contributed by atoms with Gasteiger partial charge in [0.25, 0.3) is 0 Å². The van der Waals surface area contributed by atoms with Crippen LogP contribution in [-0.4, -0.2) is 27.2 Å². The molecule has 15 heavy (non-hydrogen) atoms. The Labute approximate surface area is 110 Å². The maximum Gasteiger partial charge on any atom is 1.00 e. The van der Waals surface area contributed by atoms with Crippen LogP contribution >= 0.6 is 0 Å². The fourth-order valence-electron chi connectivity index (χ4n) is 0.926. The molecule has 0 aromatic heterocycles. The Bertz CT molecular complexity index is 406. The van der Waals surface area contributed by atoms with E-state index >= 15 is 0 Å². The second kappa shape index (κ2) is 5.72. The maximum absolute atomic E-state index is 10.7. The van der Waals surface area contributed by atoms with Crippen molar-refractivity contribution in [1.29, 1.82) is 0 Å². The van der Waals surface area contributed by atoms with Gasteiger partial charge in [-0.2, -0.15) is 0 Å². The molecule has 0 saturated heterocycles. The van der Waals surface area contributed by atoms with E-state index in [0.717, 1.165) is 12.1 Å². The molecule has 0 unspecified atom stereocenters. The number of hydrogen-bond acceptors (Lipinski definition) is 5. The van der Waals surface area contributed by atoms with E-state index < -0.39 is 10.1 Å². The first-order chi connectivity index (χ1) is 6.47. The summed E-state index contributed by atoms with van der Waals surface area (Å²) >= 11 is 0. The number of benzene rings is 1. The van der Waals surface area contributed by atoms with Crippen molar-refractivity contribution in [2.24, 2.45) is 0 Å². The molecular formula is C8H9NaO5S. The van der Waals surface area contributed by atoms with Crippen molar-refractivity contribution in [3.05, 3.63) is 18.2 Å². The maximum atomic E-state index is 10.7. The number of hydrogen-bond donors (Lipinski definition) is 0. The van der Waals surface area contributed by atoms with Gasteiger partial charge in [0.05, 0.1) is 19.1 Å². The van der Waals surface area contributed by atoms with E-state index in [0.29, 0.717) is 0 Å². The monoisotopic (exact) mass is 240 g/mol. The van der Waals surface area contributed by atoms with E-state index in [2.05, 4.69) is 0 Å². The van der Waals surface area contributed by atoms with Gasteiger partial charge in [-0.05, 0) is 12.1 Å². The standard InChI is InChI=1S/C8H10O5S.Na/c1-12-6-3-7(13-2)5-8(4-6)14(9,10)11;/h3-5H,1-2H3,(H,9,10,11);/q;+1/p-1. The fraction of sp³-hybridized carbons (Fsp3) is 0.250. The zero-order valence-electron chi connectivity index (χ0n) is 8.68. The minimum Gasteiger partial charge on any atom is -0.744 e. The van der Waals surface area contributed by atoms with Gasteiger partial charge >= 0.3 is 29.6 Å². The Hall–Kier alpha value is -0.270. The van der Waals surface area contributed by atoms with Gasteiger partial charge in [0.2, 0.25) is 0 Å². The molecule has 0 spiro atoms.